The molecule has 2 aliphatic rings. The maximum Gasteiger partial charge on any atom is 0.191 e. The third-order valence-corrected chi connectivity index (χ3v) is 5.37. The Hall–Kier alpha value is -0.420. The molecule has 110 valence electrons. The summed E-state index contributed by atoms with van der Waals surface area (Å²) >= 11 is 2.00. The Bertz CT molecular complexity index is 308. The minimum atomic E-state index is 0.310. The van der Waals surface area contributed by atoms with Crippen LogP contribution in [0, 0.1) is 5.41 Å². The third kappa shape index (κ3) is 4.28. The molecule has 1 heterocycles. The fourth-order valence-electron chi connectivity index (χ4n) is 2.85. The van der Waals surface area contributed by atoms with Crippen molar-refractivity contribution < 1.29 is 4.74 Å². The molecule has 0 aromatic carbocycles. The molecule has 1 aliphatic carbocycles. The lowest BCUT2D eigenvalue weighted by molar-refractivity contribution is 0.0352. The SMILES string of the molecule is COC1CCC(C)(CN=C(N)N2CCSCC2)CC1. The molecule has 1 saturated heterocycles. The second kappa shape index (κ2) is 6.84. The van der Waals surface area contributed by atoms with Gasteiger partial charge in [0, 0.05) is 38.2 Å². The van der Waals surface area contributed by atoms with Crippen molar-refractivity contribution in [3.05, 3.63) is 0 Å². The second-order valence-corrected chi connectivity index (χ2v) is 7.24. The first-order chi connectivity index (χ1) is 9.13. The molecular weight excluding hydrogens is 258 g/mol. The van der Waals surface area contributed by atoms with Gasteiger partial charge >= 0.3 is 0 Å². The van der Waals surface area contributed by atoms with Gasteiger partial charge in [-0.2, -0.15) is 11.8 Å². The highest BCUT2D eigenvalue weighted by Gasteiger charge is 2.31. The van der Waals surface area contributed by atoms with Crippen LogP contribution in [0.2, 0.25) is 0 Å². The van der Waals surface area contributed by atoms with Gasteiger partial charge < -0.3 is 15.4 Å². The van der Waals surface area contributed by atoms with Crippen LogP contribution < -0.4 is 5.73 Å². The molecule has 1 saturated carbocycles. The number of nitrogens with two attached hydrogens (primary N) is 1. The maximum absolute atomic E-state index is 6.12. The normalized spacial score (nSPS) is 33.5. The topological polar surface area (TPSA) is 50.9 Å². The summed E-state index contributed by atoms with van der Waals surface area (Å²) in [4.78, 5) is 6.89. The Kier molecular flexibility index (Phi) is 5.39. The van der Waals surface area contributed by atoms with E-state index >= 15 is 0 Å². The summed E-state index contributed by atoms with van der Waals surface area (Å²) in [6, 6.07) is 0. The van der Waals surface area contributed by atoms with Crippen LogP contribution in [0.1, 0.15) is 32.6 Å². The molecule has 0 spiro atoms. The Morgan fingerprint density at radius 3 is 2.58 bits per heavy atom. The van der Waals surface area contributed by atoms with E-state index in [1.54, 1.807) is 0 Å². The number of hydrogen-bond donors (Lipinski definition) is 1. The smallest absolute Gasteiger partial charge is 0.191 e. The number of thioether (sulfide) groups is 1. The predicted molar refractivity (Wildman–Crippen MR) is 82.8 cm³/mol. The number of aliphatic imine (C=N–C) groups is 1. The summed E-state index contributed by atoms with van der Waals surface area (Å²) in [5.41, 5.74) is 6.43. The van der Waals surface area contributed by atoms with E-state index in [1.807, 2.05) is 18.9 Å². The van der Waals surface area contributed by atoms with Crippen molar-refractivity contribution in [1.82, 2.24) is 4.90 Å². The van der Waals surface area contributed by atoms with Crippen LogP contribution in [0.3, 0.4) is 0 Å². The first-order valence-electron chi connectivity index (χ1n) is 7.28. The van der Waals surface area contributed by atoms with Crippen molar-refractivity contribution in [2.24, 2.45) is 16.1 Å². The van der Waals surface area contributed by atoms with Gasteiger partial charge in [0.2, 0.25) is 0 Å². The maximum atomic E-state index is 6.12. The summed E-state index contributed by atoms with van der Waals surface area (Å²) in [5.74, 6) is 3.09. The molecule has 1 aliphatic heterocycles. The van der Waals surface area contributed by atoms with Crippen LogP contribution in [-0.4, -0.2) is 55.2 Å². The molecule has 0 aromatic rings. The fraction of sp³-hybridized carbons (Fsp3) is 0.929. The molecule has 0 bridgehead atoms. The van der Waals surface area contributed by atoms with E-state index < -0.39 is 0 Å². The highest BCUT2D eigenvalue weighted by Crippen LogP contribution is 2.37. The quantitative estimate of drug-likeness (QED) is 0.636. The molecule has 0 amide bonds. The summed E-state index contributed by atoms with van der Waals surface area (Å²) in [6.07, 6.45) is 5.15. The Morgan fingerprint density at radius 1 is 1.37 bits per heavy atom. The lowest BCUT2D eigenvalue weighted by Gasteiger charge is -2.36. The van der Waals surface area contributed by atoms with E-state index in [4.69, 9.17) is 10.5 Å². The Morgan fingerprint density at radius 2 is 2.00 bits per heavy atom. The molecule has 5 heteroatoms. The van der Waals surface area contributed by atoms with Crippen LogP contribution in [-0.2, 0) is 4.74 Å². The molecule has 4 nitrogen and oxygen atoms in total. The number of methoxy groups -OCH3 is 1. The van der Waals surface area contributed by atoms with Crippen LogP contribution in [0.25, 0.3) is 0 Å². The van der Waals surface area contributed by atoms with E-state index in [0.717, 1.165) is 38.4 Å². The van der Waals surface area contributed by atoms with Gasteiger partial charge in [-0.25, -0.2) is 0 Å². The summed E-state index contributed by atoms with van der Waals surface area (Å²) in [6.45, 7) is 5.28. The van der Waals surface area contributed by atoms with Crippen LogP contribution in [0.15, 0.2) is 4.99 Å². The summed E-state index contributed by atoms with van der Waals surface area (Å²) < 4.78 is 5.43. The third-order valence-electron chi connectivity index (χ3n) is 4.43. The van der Waals surface area contributed by atoms with E-state index in [9.17, 15) is 0 Å². The Labute approximate surface area is 121 Å². The molecule has 0 atom stereocenters. The average Bonchev–Trinajstić information content (AvgIpc) is 2.47. The summed E-state index contributed by atoms with van der Waals surface area (Å²) in [7, 11) is 1.82. The van der Waals surface area contributed by atoms with E-state index in [2.05, 4.69) is 16.8 Å². The van der Waals surface area contributed by atoms with Crippen molar-refractivity contribution in [2.75, 3.05) is 38.2 Å². The van der Waals surface area contributed by atoms with Crippen LogP contribution in [0.4, 0.5) is 0 Å². The highest BCUT2D eigenvalue weighted by molar-refractivity contribution is 7.99. The number of rotatable bonds is 3. The van der Waals surface area contributed by atoms with E-state index in [-0.39, 0.29) is 0 Å². The zero-order valence-corrected chi connectivity index (χ0v) is 13.0. The molecule has 0 radical (unpaired) electrons. The van der Waals surface area contributed by atoms with Crippen molar-refractivity contribution in [3.8, 4) is 0 Å². The van der Waals surface area contributed by atoms with Gasteiger partial charge in [-0.15, -0.1) is 0 Å². The van der Waals surface area contributed by atoms with Crippen molar-refractivity contribution >= 4 is 17.7 Å². The van der Waals surface area contributed by atoms with Gasteiger partial charge in [0.25, 0.3) is 0 Å². The Balaban J connectivity index is 1.83. The fourth-order valence-corrected chi connectivity index (χ4v) is 3.75. The number of ether oxygens (including phenoxy) is 1. The number of nitrogens with zero attached hydrogens (tertiary/aromatic N) is 2. The molecule has 2 N–H and O–H groups in total. The standard InChI is InChI=1S/C14H27N3OS/c1-14(5-3-12(18-2)4-6-14)11-16-13(15)17-7-9-19-10-8-17/h12H,3-11H2,1-2H3,(H2,15,16). The minimum Gasteiger partial charge on any atom is -0.381 e. The van der Waals surface area contributed by atoms with Crippen molar-refractivity contribution in [1.29, 1.82) is 0 Å². The molecular formula is C14H27N3OS. The predicted octanol–water partition coefficient (Wildman–Crippen LogP) is 1.95. The van der Waals surface area contributed by atoms with Crippen LogP contribution >= 0.6 is 11.8 Å². The van der Waals surface area contributed by atoms with Gasteiger partial charge in [0.05, 0.1) is 6.10 Å². The summed E-state index contributed by atoms with van der Waals surface area (Å²) in [5, 5.41) is 0. The number of hydrogen-bond acceptors (Lipinski definition) is 3. The molecule has 0 unspecified atom stereocenters. The molecule has 19 heavy (non-hydrogen) atoms. The van der Waals surface area contributed by atoms with Gasteiger partial charge in [0.15, 0.2) is 5.96 Å². The van der Waals surface area contributed by atoms with Crippen LogP contribution in [0.5, 0.6) is 0 Å². The largest absolute Gasteiger partial charge is 0.381 e. The van der Waals surface area contributed by atoms with Gasteiger partial charge in [-0.05, 0) is 31.1 Å². The molecule has 0 aromatic heterocycles. The van der Waals surface area contributed by atoms with Gasteiger partial charge in [-0.3, -0.25) is 4.99 Å². The monoisotopic (exact) mass is 285 g/mol. The first-order valence-corrected chi connectivity index (χ1v) is 8.44. The van der Waals surface area contributed by atoms with E-state index in [1.165, 1.54) is 24.3 Å². The average molecular weight is 285 g/mol. The zero-order valence-electron chi connectivity index (χ0n) is 12.2. The minimum absolute atomic E-state index is 0.310. The molecule has 2 rings (SSSR count). The van der Waals surface area contributed by atoms with Gasteiger partial charge in [0.1, 0.15) is 0 Å². The number of guanidine groups is 1. The lowest BCUT2D eigenvalue weighted by atomic mass is 9.75. The zero-order chi connectivity index (χ0) is 13.7. The second-order valence-electron chi connectivity index (χ2n) is 6.02. The molecule has 2 fully saturated rings. The van der Waals surface area contributed by atoms with E-state index in [0.29, 0.717) is 11.5 Å². The highest BCUT2D eigenvalue weighted by atomic mass is 32.2. The van der Waals surface area contributed by atoms with Gasteiger partial charge in [-0.1, -0.05) is 6.92 Å². The van der Waals surface area contributed by atoms with Crippen molar-refractivity contribution in [2.45, 2.75) is 38.7 Å². The van der Waals surface area contributed by atoms with Crippen molar-refractivity contribution in [3.63, 3.8) is 0 Å². The first kappa shape index (κ1) is 15.0. The lowest BCUT2D eigenvalue weighted by Crippen LogP contribution is -2.43.